The van der Waals surface area contributed by atoms with Crippen LogP contribution in [-0.4, -0.2) is 47.7 Å². The first-order valence-electron chi connectivity index (χ1n) is 5.28. The summed E-state index contributed by atoms with van der Waals surface area (Å²) in [5.74, 6) is -0.562. The lowest BCUT2D eigenvalue weighted by Gasteiger charge is -2.49. The minimum Gasteiger partial charge on any atom is -0.325 e. The molecule has 100 valence electrons. The molecule has 0 aromatic carbocycles. The molecule has 1 fully saturated rings. The van der Waals surface area contributed by atoms with E-state index < -0.39 is 47.7 Å². The number of nitrogens with two attached hydrogens (primary N) is 8. The summed E-state index contributed by atoms with van der Waals surface area (Å²) < 4.78 is 0. The van der Waals surface area contributed by atoms with Crippen molar-refractivity contribution < 1.29 is 4.79 Å². The molecule has 9 heteroatoms. The molecule has 1 aliphatic rings. The molecule has 6 atom stereocenters. The number of ketones is 1. The van der Waals surface area contributed by atoms with E-state index >= 15 is 0 Å². The summed E-state index contributed by atoms with van der Waals surface area (Å²) in [7, 11) is 0. The van der Waals surface area contributed by atoms with Gasteiger partial charge in [-0.3, -0.25) is 4.79 Å². The Bertz CT molecular complexity index is 310. The monoisotopic (exact) mass is 246 g/mol. The van der Waals surface area contributed by atoms with E-state index in [4.69, 9.17) is 45.9 Å². The number of Topliss-reactive ketones (excluding diaryl/α,β-unsaturated/α-hetero) is 1. The van der Waals surface area contributed by atoms with Crippen LogP contribution in [0.2, 0.25) is 0 Å². The summed E-state index contributed by atoms with van der Waals surface area (Å²) in [5, 5.41) is 0. The van der Waals surface area contributed by atoms with Crippen LogP contribution in [0, 0.1) is 0 Å². The summed E-state index contributed by atoms with van der Waals surface area (Å²) in [6, 6.07) is -4.54. The first kappa shape index (κ1) is 14.4. The molecule has 5 unspecified atom stereocenters. The fraction of sp³-hybridized carbons (Fsp3) is 0.875. The van der Waals surface area contributed by atoms with Crippen LogP contribution in [0.4, 0.5) is 0 Å². The molecule has 9 nitrogen and oxygen atoms in total. The maximum atomic E-state index is 12.1. The van der Waals surface area contributed by atoms with Crippen LogP contribution < -0.4 is 45.9 Å². The van der Waals surface area contributed by atoms with Crippen molar-refractivity contribution in [1.82, 2.24) is 0 Å². The zero-order chi connectivity index (χ0) is 13.5. The molecular formula is C8H22N8O. The van der Waals surface area contributed by atoms with Crippen molar-refractivity contribution in [2.75, 3.05) is 0 Å². The second kappa shape index (κ2) is 4.55. The van der Waals surface area contributed by atoms with E-state index in [0.717, 1.165) is 0 Å². The van der Waals surface area contributed by atoms with Crippen molar-refractivity contribution in [3.8, 4) is 0 Å². The van der Waals surface area contributed by atoms with Gasteiger partial charge in [0.05, 0.1) is 18.2 Å². The molecule has 1 saturated carbocycles. The van der Waals surface area contributed by atoms with Gasteiger partial charge in [-0.25, -0.2) is 0 Å². The van der Waals surface area contributed by atoms with Crippen molar-refractivity contribution >= 4 is 5.78 Å². The second-order valence-corrected chi connectivity index (χ2v) is 4.61. The van der Waals surface area contributed by atoms with Gasteiger partial charge in [-0.2, -0.15) is 0 Å². The number of hydrogen-bond acceptors (Lipinski definition) is 9. The molecule has 0 saturated heterocycles. The topological polar surface area (TPSA) is 225 Å². The van der Waals surface area contributed by atoms with Gasteiger partial charge < -0.3 is 45.9 Å². The molecule has 17 heavy (non-hydrogen) atoms. The van der Waals surface area contributed by atoms with Gasteiger partial charge >= 0.3 is 0 Å². The number of carbonyl (C=O) groups is 1. The Hall–Kier alpha value is -0.650. The third-order valence-electron chi connectivity index (χ3n) is 3.52. The van der Waals surface area contributed by atoms with Crippen LogP contribution in [0.1, 0.15) is 0 Å². The Morgan fingerprint density at radius 2 is 1.47 bits per heavy atom. The van der Waals surface area contributed by atoms with Crippen LogP contribution in [0.5, 0.6) is 0 Å². The summed E-state index contributed by atoms with van der Waals surface area (Å²) in [6.07, 6.45) is -1.01. The molecule has 0 spiro atoms. The van der Waals surface area contributed by atoms with E-state index in [0.29, 0.717) is 0 Å². The van der Waals surface area contributed by atoms with Crippen LogP contribution in [0.3, 0.4) is 0 Å². The highest BCUT2D eigenvalue weighted by Crippen LogP contribution is 2.23. The van der Waals surface area contributed by atoms with E-state index in [9.17, 15) is 4.79 Å². The van der Waals surface area contributed by atoms with Gasteiger partial charge in [0.25, 0.3) is 0 Å². The largest absolute Gasteiger partial charge is 0.325 e. The van der Waals surface area contributed by atoms with Crippen LogP contribution in [0.15, 0.2) is 0 Å². The van der Waals surface area contributed by atoms with Gasteiger partial charge in [0, 0.05) is 18.1 Å². The Morgan fingerprint density at radius 1 is 1.00 bits per heavy atom. The van der Waals surface area contributed by atoms with Crippen molar-refractivity contribution in [3.63, 3.8) is 0 Å². The van der Waals surface area contributed by atoms with Crippen LogP contribution in [0.25, 0.3) is 0 Å². The minimum atomic E-state index is -1.66. The molecule has 1 aliphatic carbocycles. The lowest BCUT2D eigenvalue weighted by molar-refractivity contribution is -0.130. The number of hydrogen-bond donors (Lipinski definition) is 8. The minimum absolute atomic E-state index is 0.562. The SMILES string of the molecule is NC1C(=O)C(N)([C@@H](N)C(N)N)C(N)C(N)C1N. The molecule has 0 heterocycles. The van der Waals surface area contributed by atoms with Gasteiger partial charge in [-0.05, 0) is 0 Å². The van der Waals surface area contributed by atoms with Gasteiger partial charge in [0.1, 0.15) is 5.54 Å². The molecule has 0 bridgehead atoms. The number of rotatable bonds is 2. The summed E-state index contributed by atoms with van der Waals surface area (Å²) >= 11 is 0. The van der Waals surface area contributed by atoms with Crippen LogP contribution in [-0.2, 0) is 4.79 Å². The zero-order valence-electron chi connectivity index (χ0n) is 9.49. The Balaban J connectivity index is 3.16. The fourth-order valence-electron chi connectivity index (χ4n) is 2.13. The highest BCUT2D eigenvalue weighted by atomic mass is 16.1. The summed E-state index contributed by atoms with van der Waals surface area (Å²) in [6.45, 7) is 0. The quantitative estimate of drug-likeness (QED) is 0.217. The molecule has 0 aromatic rings. The van der Waals surface area contributed by atoms with Crippen molar-refractivity contribution in [2.24, 2.45) is 45.9 Å². The predicted molar refractivity (Wildman–Crippen MR) is 64.0 cm³/mol. The average Bonchev–Trinajstić information content (AvgIpc) is 2.30. The van der Waals surface area contributed by atoms with Gasteiger partial charge in [-0.15, -0.1) is 0 Å². The lowest BCUT2D eigenvalue weighted by atomic mass is 9.66. The molecule has 1 rings (SSSR count). The van der Waals surface area contributed by atoms with Gasteiger partial charge in [-0.1, -0.05) is 0 Å². The lowest BCUT2D eigenvalue weighted by Crippen LogP contribution is -2.86. The van der Waals surface area contributed by atoms with E-state index in [1.54, 1.807) is 0 Å². The third kappa shape index (κ3) is 1.96. The van der Waals surface area contributed by atoms with E-state index in [1.165, 1.54) is 0 Å². The van der Waals surface area contributed by atoms with Gasteiger partial charge in [0.15, 0.2) is 5.78 Å². The first-order valence-corrected chi connectivity index (χ1v) is 5.28. The number of carbonyl (C=O) groups excluding carboxylic acids is 1. The van der Waals surface area contributed by atoms with Gasteiger partial charge in [0.2, 0.25) is 0 Å². The highest BCUT2D eigenvalue weighted by Gasteiger charge is 2.56. The predicted octanol–water partition coefficient (Wildman–Crippen LogP) is -5.85. The Kier molecular flexibility index (Phi) is 3.86. The van der Waals surface area contributed by atoms with E-state index in [2.05, 4.69) is 0 Å². The summed E-state index contributed by atoms with van der Waals surface area (Å²) in [4.78, 5) is 12.1. The summed E-state index contributed by atoms with van der Waals surface area (Å²) in [5.41, 5.74) is 43.9. The molecule has 0 aromatic heterocycles. The average molecular weight is 246 g/mol. The Morgan fingerprint density at radius 3 is 1.88 bits per heavy atom. The van der Waals surface area contributed by atoms with Crippen molar-refractivity contribution in [3.05, 3.63) is 0 Å². The molecule has 16 N–H and O–H groups in total. The Labute approximate surface area is 99.2 Å². The molecule has 0 amide bonds. The standard InChI is InChI=1S/C8H22N8O/c9-1-2(10)4(12)8(16,5(13)7(14)15)6(17)3(1)11/h1-5,7H,9-16H2/t1?,2?,3?,4?,5-,8?/m0/s1. The van der Waals surface area contributed by atoms with Crippen LogP contribution >= 0.6 is 0 Å². The normalized spacial score (nSPS) is 45.1. The van der Waals surface area contributed by atoms with E-state index in [-0.39, 0.29) is 0 Å². The maximum absolute atomic E-state index is 12.1. The molecule has 0 aliphatic heterocycles. The third-order valence-corrected chi connectivity index (χ3v) is 3.52. The second-order valence-electron chi connectivity index (χ2n) is 4.61. The van der Waals surface area contributed by atoms with E-state index in [1.807, 2.05) is 0 Å². The highest BCUT2D eigenvalue weighted by molar-refractivity contribution is 5.96. The smallest absolute Gasteiger partial charge is 0.174 e. The maximum Gasteiger partial charge on any atom is 0.174 e. The first-order chi connectivity index (χ1) is 7.65. The zero-order valence-corrected chi connectivity index (χ0v) is 9.49. The fourth-order valence-corrected chi connectivity index (χ4v) is 2.13. The molecule has 0 radical (unpaired) electrons. The van der Waals surface area contributed by atoms with Crippen molar-refractivity contribution in [2.45, 2.75) is 41.9 Å². The molecular weight excluding hydrogens is 224 g/mol. The van der Waals surface area contributed by atoms with Crippen molar-refractivity contribution in [1.29, 1.82) is 0 Å².